The minimum Gasteiger partial charge on any atom is -0.469 e. The maximum absolute atomic E-state index is 11.6. The van der Waals surface area contributed by atoms with E-state index < -0.39 is 6.09 Å². The molecule has 6 heteroatoms. The molecule has 0 radical (unpaired) electrons. The van der Waals surface area contributed by atoms with Crippen molar-refractivity contribution in [1.29, 1.82) is 0 Å². The number of amides is 1. The third-order valence-electron chi connectivity index (χ3n) is 3.67. The highest BCUT2D eigenvalue weighted by atomic mass is 35.5. The Bertz CT molecular complexity index is 633. The molecule has 2 rings (SSSR count). The van der Waals surface area contributed by atoms with Crippen LogP contribution < -0.4 is 5.32 Å². The van der Waals surface area contributed by atoms with Crippen LogP contribution in [0.15, 0.2) is 64.0 Å². The summed E-state index contributed by atoms with van der Waals surface area (Å²) in [6, 6.07) is 3.83. The molecular formula is C18H21ClN2O3. The molecule has 1 N–H and O–H groups in total. The molecule has 24 heavy (non-hydrogen) atoms. The molecule has 0 saturated heterocycles. The molecule has 1 aromatic heterocycles. The van der Waals surface area contributed by atoms with Crippen molar-refractivity contribution in [3.05, 3.63) is 60.2 Å². The van der Waals surface area contributed by atoms with Crippen molar-refractivity contribution < 1.29 is 14.0 Å². The molecule has 1 aliphatic carbocycles. The second-order valence-corrected chi connectivity index (χ2v) is 5.98. The minimum atomic E-state index is -0.626. The highest BCUT2D eigenvalue weighted by Gasteiger charge is 2.22. The number of nitrogens with one attached hydrogen (secondary N) is 1. The Hall–Kier alpha value is -2.27. The number of carbonyl (C=O) groups is 1. The number of oxime groups is 1. The molecule has 128 valence electrons. The van der Waals surface area contributed by atoms with Crippen molar-refractivity contribution in [3.8, 4) is 0 Å². The Balaban J connectivity index is 1.83. The van der Waals surface area contributed by atoms with E-state index in [0.717, 1.165) is 43.6 Å². The molecule has 1 heterocycles. The average Bonchev–Trinajstić information content (AvgIpc) is 3.06. The van der Waals surface area contributed by atoms with Gasteiger partial charge in [-0.3, -0.25) is 10.2 Å². The van der Waals surface area contributed by atoms with Gasteiger partial charge in [-0.2, -0.15) is 0 Å². The van der Waals surface area contributed by atoms with Crippen LogP contribution in [0, 0.1) is 5.92 Å². The first-order valence-electron chi connectivity index (χ1n) is 7.89. The summed E-state index contributed by atoms with van der Waals surface area (Å²) < 4.78 is 5.40. The van der Waals surface area contributed by atoms with Crippen LogP contribution in [0.2, 0.25) is 0 Å². The summed E-state index contributed by atoms with van der Waals surface area (Å²) in [7, 11) is 0. The molecule has 0 aliphatic heterocycles. The van der Waals surface area contributed by atoms with Gasteiger partial charge in [0.1, 0.15) is 5.76 Å². The fourth-order valence-corrected chi connectivity index (χ4v) is 2.61. The zero-order valence-electron chi connectivity index (χ0n) is 13.4. The van der Waals surface area contributed by atoms with Crippen LogP contribution >= 0.6 is 11.6 Å². The van der Waals surface area contributed by atoms with Crippen molar-refractivity contribution in [1.82, 2.24) is 5.32 Å². The lowest BCUT2D eigenvalue weighted by molar-refractivity contribution is 0.153. The molecule has 1 aliphatic rings. The first-order valence-corrected chi connectivity index (χ1v) is 8.27. The molecule has 1 unspecified atom stereocenters. The van der Waals surface area contributed by atoms with E-state index in [-0.39, 0.29) is 5.92 Å². The molecule has 1 amide bonds. The lowest BCUT2D eigenvalue weighted by Crippen LogP contribution is -2.23. The van der Waals surface area contributed by atoms with E-state index in [4.69, 9.17) is 20.9 Å². The highest BCUT2D eigenvalue weighted by Crippen LogP contribution is 2.25. The van der Waals surface area contributed by atoms with Crippen LogP contribution in [0.3, 0.4) is 0 Å². The quantitative estimate of drug-likeness (QED) is 0.451. The minimum absolute atomic E-state index is 0.255. The van der Waals surface area contributed by atoms with E-state index in [1.165, 1.54) is 6.20 Å². The molecule has 5 nitrogen and oxygen atoms in total. The van der Waals surface area contributed by atoms with Crippen molar-refractivity contribution in [2.75, 3.05) is 0 Å². The summed E-state index contributed by atoms with van der Waals surface area (Å²) in [4.78, 5) is 16.6. The molecule has 1 saturated carbocycles. The van der Waals surface area contributed by atoms with E-state index in [0.29, 0.717) is 5.03 Å². The average molecular weight is 349 g/mol. The molecule has 1 atom stereocenters. The van der Waals surface area contributed by atoms with Gasteiger partial charge in [-0.1, -0.05) is 35.8 Å². The smallest absolute Gasteiger partial charge is 0.437 e. The fourth-order valence-electron chi connectivity index (χ4n) is 2.54. The van der Waals surface area contributed by atoms with Gasteiger partial charge in [0.2, 0.25) is 0 Å². The highest BCUT2D eigenvalue weighted by molar-refractivity contribution is 6.30. The predicted molar refractivity (Wildman–Crippen MR) is 94.7 cm³/mol. The predicted octanol–water partition coefficient (Wildman–Crippen LogP) is 4.92. The van der Waals surface area contributed by atoms with Crippen LogP contribution in [-0.4, -0.2) is 11.8 Å². The van der Waals surface area contributed by atoms with Crippen LogP contribution in [0.4, 0.5) is 4.79 Å². The lowest BCUT2D eigenvalue weighted by atomic mass is 9.84. The normalized spacial score (nSPS) is 19.9. The van der Waals surface area contributed by atoms with Gasteiger partial charge in [0.15, 0.2) is 0 Å². The largest absolute Gasteiger partial charge is 0.469 e. The Morgan fingerprint density at radius 2 is 2.38 bits per heavy atom. The first-order chi connectivity index (χ1) is 11.6. The number of carbonyl (C=O) groups excluding carboxylic acids is 1. The van der Waals surface area contributed by atoms with Gasteiger partial charge in [-0.25, -0.2) is 4.79 Å². The van der Waals surface area contributed by atoms with E-state index in [9.17, 15) is 4.79 Å². The van der Waals surface area contributed by atoms with E-state index >= 15 is 0 Å². The molecule has 1 fully saturated rings. The SMILES string of the molecule is C=C(Cl)/C=C\C=C\NC(=O)O/N=C1\CCCCC1Cc1ccco1. The number of allylic oxidation sites excluding steroid dienone is 4. The van der Waals surface area contributed by atoms with Gasteiger partial charge in [0, 0.05) is 23.6 Å². The topological polar surface area (TPSA) is 63.8 Å². The van der Waals surface area contributed by atoms with Gasteiger partial charge < -0.3 is 4.42 Å². The Labute approximate surface area is 146 Å². The van der Waals surface area contributed by atoms with Gasteiger partial charge in [-0.05, 0) is 43.5 Å². The van der Waals surface area contributed by atoms with Gasteiger partial charge >= 0.3 is 6.09 Å². The lowest BCUT2D eigenvalue weighted by Gasteiger charge is -2.22. The summed E-state index contributed by atoms with van der Waals surface area (Å²) in [5.74, 6) is 1.18. The molecule has 1 aromatic rings. The summed E-state index contributed by atoms with van der Waals surface area (Å²) in [6.07, 6.45) is 12.2. The maximum atomic E-state index is 11.6. The molecule has 0 aromatic carbocycles. The number of hydrogen-bond acceptors (Lipinski definition) is 4. The standard InChI is InChI=1S/C18H21ClN2O3/c1-14(19)7-4-5-11-20-18(22)24-21-17-10-3-2-8-15(17)13-16-9-6-12-23-16/h4-7,9,11-12,15H,1-3,8,10,13H2,(H,20,22)/b7-4-,11-5+,21-17+. The van der Waals surface area contributed by atoms with Crippen LogP contribution in [0.25, 0.3) is 0 Å². The van der Waals surface area contributed by atoms with Gasteiger partial charge in [0.05, 0.1) is 12.0 Å². The van der Waals surface area contributed by atoms with E-state index in [2.05, 4.69) is 17.1 Å². The van der Waals surface area contributed by atoms with E-state index in [1.807, 2.05) is 12.1 Å². The second-order valence-electron chi connectivity index (χ2n) is 5.50. The molecule has 0 spiro atoms. The van der Waals surface area contributed by atoms with Crippen LogP contribution in [0.5, 0.6) is 0 Å². The van der Waals surface area contributed by atoms with Crippen LogP contribution in [0.1, 0.15) is 31.4 Å². The van der Waals surface area contributed by atoms with Crippen LogP contribution in [-0.2, 0) is 11.3 Å². The summed E-state index contributed by atoms with van der Waals surface area (Å²) >= 11 is 5.57. The van der Waals surface area contributed by atoms with Gasteiger partial charge in [0.25, 0.3) is 0 Å². The van der Waals surface area contributed by atoms with Crippen molar-refractivity contribution in [3.63, 3.8) is 0 Å². The fraction of sp³-hybridized carbons (Fsp3) is 0.333. The Morgan fingerprint density at radius 1 is 1.50 bits per heavy atom. The summed E-state index contributed by atoms with van der Waals surface area (Å²) in [5.41, 5.74) is 0.912. The maximum Gasteiger partial charge on any atom is 0.437 e. The molecular weight excluding hydrogens is 328 g/mol. The van der Waals surface area contributed by atoms with Crippen molar-refractivity contribution in [2.45, 2.75) is 32.1 Å². The third-order valence-corrected chi connectivity index (χ3v) is 3.79. The first kappa shape index (κ1) is 18.1. The summed E-state index contributed by atoms with van der Waals surface area (Å²) in [5, 5.41) is 6.92. The zero-order chi connectivity index (χ0) is 17.2. The Morgan fingerprint density at radius 3 is 3.12 bits per heavy atom. The number of halogens is 1. The van der Waals surface area contributed by atoms with Gasteiger partial charge in [-0.15, -0.1) is 0 Å². The Kier molecular flexibility index (Phi) is 7.36. The number of hydrogen-bond donors (Lipinski definition) is 1. The van der Waals surface area contributed by atoms with E-state index in [1.54, 1.807) is 24.5 Å². The second kappa shape index (κ2) is 9.78. The van der Waals surface area contributed by atoms with Crippen molar-refractivity contribution in [2.24, 2.45) is 11.1 Å². The summed E-state index contributed by atoms with van der Waals surface area (Å²) in [6.45, 7) is 3.51. The van der Waals surface area contributed by atoms with Crippen molar-refractivity contribution >= 4 is 23.4 Å². The number of furan rings is 1. The molecule has 0 bridgehead atoms. The number of nitrogens with zero attached hydrogens (tertiary/aromatic N) is 1. The zero-order valence-corrected chi connectivity index (χ0v) is 14.2. The monoisotopic (exact) mass is 348 g/mol. The number of rotatable bonds is 6. The third kappa shape index (κ3) is 6.46.